The van der Waals surface area contributed by atoms with Crippen molar-refractivity contribution in [3.05, 3.63) is 24.0 Å². The Labute approximate surface area is 96.4 Å². The second kappa shape index (κ2) is 5.08. The molecule has 84 valence electrons. The first-order chi connectivity index (χ1) is 7.31. The highest BCUT2D eigenvalue weighted by Crippen LogP contribution is 2.28. The number of hydrogen-bond donors (Lipinski definition) is 1. The summed E-state index contributed by atoms with van der Waals surface area (Å²) in [4.78, 5) is 0. The van der Waals surface area contributed by atoms with Crippen LogP contribution in [0.1, 0.15) is 25.0 Å². The molecule has 0 radical (unpaired) electrons. The van der Waals surface area contributed by atoms with Gasteiger partial charge in [0.25, 0.3) is 0 Å². The summed E-state index contributed by atoms with van der Waals surface area (Å²) in [6.45, 7) is 1.01. The van der Waals surface area contributed by atoms with Gasteiger partial charge in [0.2, 0.25) is 0 Å². The third-order valence-corrected chi connectivity index (χ3v) is 4.52. The van der Waals surface area contributed by atoms with Crippen molar-refractivity contribution >= 4 is 11.8 Å². The third-order valence-electron chi connectivity index (χ3n) is 3.35. The molecule has 2 unspecified atom stereocenters. The van der Waals surface area contributed by atoms with Crippen LogP contribution in [-0.2, 0) is 13.6 Å². The van der Waals surface area contributed by atoms with Crippen molar-refractivity contribution < 1.29 is 0 Å². The molecule has 1 aliphatic rings. The molecule has 1 heterocycles. The van der Waals surface area contributed by atoms with Gasteiger partial charge in [-0.15, -0.1) is 0 Å². The van der Waals surface area contributed by atoms with Gasteiger partial charge in [0.05, 0.1) is 0 Å². The first-order valence-corrected chi connectivity index (χ1v) is 6.96. The molecule has 2 rings (SSSR count). The smallest absolute Gasteiger partial charge is 0.0362 e. The Balaban J connectivity index is 1.85. The number of aryl methyl sites for hydroxylation is 1. The van der Waals surface area contributed by atoms with Crippen LogP contribution in [0.4, 0.5) is 0 Å². The molecule has 1 N–H and O–H groups in total. The second-order valence-corrected chi connectivity index (χ2v) is 5.38. The summed E-state index contributed by atoms with van der Waals surface area (Å²) in [7, 11) is 2.11. The van der Waals surface area contributed by atoms with E-state index in [9.17, 15) is 0 Å². The zero-order valence-corrected chi connectivity index (χ0v) is 10.4. The highest BCUT2D eigenvalue weighted by molar-refractivity contribution is 7.99. The first-order valence-electron chi connectivity index (χ1n) is 5.67. The zero-order valence-electron chi connectivity index (χ0n) is 9.57. The van der Waals surface area contributed by atoms with Crippen molar-refractivity contribution in [2.45, 2.75) is 37.1 Å². The van der Waals surface area contributed by atoms with Gasteiger partial charge in [-0.1, -0.05) is 6.42 Å². The van der Waals surface area contributed by atoms with Crippen molar-refractivity contribution in [1.82, 2.24) is 9.88 Å². The van der Waals surface area contributed by atoms with Crippen LogP contribution < -0.4 is 5.32 Å². The van der Waals surface area contributed by atoms with E-state index in [1.54, 1.807) is 0 Å². The Bertz CT molecular complexity index is 308. The molecule has 1 fully saturated rings. The lowest BCUT2D eigenvalue weighted by Gasteiger charge is -2.19. The van der Waals surface area contributed by atoms with Gasteiger partial charge in [-0.05, 0) is 31.2 Å². The van der Waals surface area contributed by atoms with Gasteiger partial charge >= 0.3 is 0 Å². The molecular weight excluding hydrogens is 204 g/mol. The molecule has 1 saturated carbocycles. The van der Waals surface area contributed by atoms with Crippen molar-refractivity contribution in [2.24, 2.45) is 7.05 Å². The van der Waals surface area contributed by atoms with Crippen molar-refractivity contribution in [1.29, 1.82) is 0 Å². The Morgan fingerprint density at radius 2 is 2.40 bits per heavy atom. The van der Waals surface area contributed by atoms with Crippen molar-refractivity contribution in [3.63, 3.8) is 0 Å². The van der Waals surface area contributed by atoms with Crippen molar-refractivity contribution in [3.8, 4) is 0 Å². The predicted octanol–water partition coefficient (Wildman–Crippen LogP) is 2.40. The number of thioether (sulfide) groups is 1. The SMILES string of the molecule is CSC1CCCC1NCc1cccn1C. The molecular formula is C12H20N2S. The van der Waals surface area contributed by atoms with Crippen LogP contribution in [0.15, 0.2) is 18.3 Å². The maximum Gasteiger partial charge on any atom is 0.0362 e. The molecule has 1 aromatic rings. The average Bonchev–Trinajstić information content (AvgIpc) is 2.83. The van der Waals surface area contributed by atoms with E-state index in [-0.39, 0.29) is 0 Å². The predicted molar refractivity (Wildman–Crippen MR) is 67.2 cm³/mol. The topological polar surface area (TPSA) is 17.0 Å². The molecule has 15 heavy (non-hydrogen) atoms. The van der Waals surface area contributed by atoms with Gasteiger partial charge < -0.3 is 9.88 Å². The van der Waals surface area contributed by atoms with Gasteiger partial charge in [0.1, 0.15) is 0 Å². The van der Waals surface area contributed by atoms with Gasteiger partial charge in [-0.2, -0.15) is 11.8 Å². The third kappa shape index (κ3) is 2.58. The van der Waals surface area contributed by atoms with Crippen LogP contribution in [0, 0.1) is 0 Å². The molecule has 0 amide bonds. The minimum Gasteiger partial charge on any atom is -0.353 e. The number of nitrogens with one attached hydrogen (secondary N) is 1. The van der Waals surface area contributed by atoms with E-state index in [4.69, 9.17) is 0 Å². The van der Waals surface area contributed by atoms with Gasteiger partial charge in [-0.25, -0.2) is 0 Å². The largest absolute Gasteiger partial charge is 0.353 e. The molecule has 1 aliphatic carbocycles. The first kappa shape index (κ1) is 11.1. The lowest BCUT2D eigenvalue weighted by molar-refractivity contribution is 0.521. The molecule has 0 bridgehead atoms. The molecule has 0 aromatic carbocycles. The molecule has 3 heteroatoms. The van der Waals surface area contributed by atoms with Crippen LogP contribution in [0.5, 0.6) is 0 Å². The van der Waals surface area contributed by atoms with E-state index in [1.807, 2.05) is 11.8 Å². The minimum absolute atomic E-state index is 0.718. The lowest BCUT2D eigenvalue weighted by Crippen LogP contribution is -2.33. The standard InChI is InChI=1S/C12H20N2S/c1-14-8-4-5-10(14)9-13-11-6-3-7-12(11)15-2/h4-5,8,11-13H,3,6-7,9H2,1-2H3. The van der Waals surface area contributed by atoms with Gasteiger partial charge in [-0.3, -0.25) is 0 Å². The Morgan fingerprint density at radius 3 is 3.07 bits per heavy atom. The van der Waals surface area contributed by atoms with Gasteiger partial charge in [0, 0.05) is 36.8 Å². The van der Waals surface area contributed by atoms with Crippen LogP contribution >= 0.6 is 11.8 Å². The number of rotatable bonds is 4. The minimum atomic E-state index is 0.718. The number of nitrogens with zero attached hydrogens (tertiary/aromatic N) is 1. The summed E-state index contributed by atoms with van der Waals surface area (Å²) in [5.74, 6) is 0. The van der Waals surface area contributed by atoms with Crippen LogP contribution in [0.3, 0.4) is 0 Å². The summed E-state index contributed by atoms with van der Waals surface area (Å²) >= 11 is 2.01. The molecule has 2 nitrogen and oxygen atoms in total. The maximum absolute atomic E-state index is 3.68. The number of aromatic nitrogens is 1. The summed E-state index contributed by atoms with van der Waals surface area (Å²) in [6, 6.07) is 5.02. The van der Waals surface area contributed by atoms with Crippen LogP contribution in [-0.4, -0.2) is 22.1 Å². The van der Waals surface area contributed by atoms with E-state index in [1.165, 1.54) is 25.0 Å². The summed E-state index contributed by atoms with van der Waals surface area (Å²) in [5, 5.41) is 4.51. The molecule has 0 saturated heterocycles. The summed E-state index contributed by atoms with van der Waals surface area (Å²) in [6.07, 6.45) is 8.45. The molecule has 2 atom stereocenters. The fourth-order valence-corrected chi connectivity index (χ4v) is 3.32. The Morgan fingerprint density at radius 1 is 1.53 bits per heavy atom. The Kier molecular flexibility index (Phi) is 3.76. The Hall–Kier alpha value is -0.410. The summed E-state index contributed by atoms with van der Waals surface area (Å²) in [5.41, 5.74) is 1.38. The van der Waals surface area contributed by atoms with E-state index in [0.717, 1.165) is 17.8 Å². The van der Waals surface area contributed by atoms with E-state index in [2.05, 4.69) is 41.5 Å². The zero-order chi connectivity index (χ0) is 10.7. The molecule has 1 aromatic heterocycles. The van der Waals surface area contributed by atoms with Crippen molar-refractivity contribution in [2.75, 3.05) is 6.26 Å². The fourth-order valence-electron chi connectivity index (χ4n) is 2.36. The fraction of sp³-hybridized carbons (Fsp3) is 0.667. The van der Waals surface area contributed by atoms with Gasteiger partial charge in [0.15, 0.2) is 0 Å². The van der Waals surface area contributed by atoms with Crippen LogP contribution in [0.25, 0.3) is 0 Å². The maximum atomic E-state index is 3.68. The lowest BCUT2D eigenvalue weighted by atomic mass is 10.2. The second-order valence-electron chi connectivity index (χ2n) is 4.30. The highest BCUT2D eigenvalue weighted by Gasteiger charge is 2.25. The van der Waals surface area contributed by atoms with Crippen LogP contribution in [0.2, 0.25) is 0 Å². The average molecular weight is 224 g/mol. The van der Waals surface area contributed by atoms with E-state index < -0.39 is 0 Å². The quantitative estimate of drug-likeness (QED) is 0.846. The summed E-state index contributed by atoms with van der Waals surface area (Å²) < 4.78 is 2.19. The normalized spacial score (nSPS) is 26.0. The number of hydrogen-bond acceptors (Lipinski definition) is 2. The molecule has 0 aliphatic heterocycles. The molecule has 0 spiro atoms. The van der Waals surface area contributed by atoms with E-state index >= 15 is 0 Å². The monoisotopic (exact) mass is 224 g/mol. The van der Waals surface area contributed by atoms with E-state index in [0.29, 0.717) is 0 Å². The highest BCUT2D eigenvalue weighted by atomic mass is 32.2.